The number of aromatic nitrogens is 1. The van der Waals surface area contributed by atoms with Crippen molar-refractivity contribution in [3.8, 4) is 0 Å². The van der Waals surface area contributed by atoms with Crippen LogP contribution in [0.2, 0.25) is 0 Å². The molecule has 1 aromatic heterocycles. The summed E-state index contributed by atoms with van der Waals surface area (Å²) in [6.07, 6.45) is 3.04. The topological polar surface area (TPSA) is 42.1 Å². The lowest BCUT2D eigenvalue weighted by Gasteiger charge is -2.06. The molecule has 1 aliphatic rings. The van der Waals surface area contributed by atoms with Crippen molar-refractivity contribution in [3.63, 3.8) is 0 Å². The van der Waals surface area contributed by atoms with Gasteiger partial charge in [-0.05, 0) is 26.0 Å². The van der Waals surface area contributed by atoms with Gasteiger partial charge in [-0.15, -0.1) is 0 Å². The minimum atomic E-state index is -0.261. The van der Waals surface area contributed by atoms with Gasteiger partial charge in [0.05, 0.1) is 0 Å². The monoisotopic (exact) mass is 177 g/mol. The highest BCUT2D eigenvalue weighted by molar-refractivity contribution is 5.84. The third-order valence-corrected chi connectivity index (χ3v) is 2.15. The number of nitrogens with one attached hydrogen (secondary N) is 1. The van der Waals surface area contributed by atoms with Gasteiger partial charge in [0.15, 0.2) is 0 Å². The van der Waals surface area contributed by atoms with Crippen molar-refractivity contribution in [3.05, 3.63) is 35.2 Å². The van der Waals surface area contributed by atoms with E-state index in [0.29, 0.717) is 0 Å². The summed E-state index contributed by atoms with van der Waals surface area (Å²) < 4.78 is 5.07. The molecule has 0 fully saturated rings. The SMILES string of the molecule is Cc1cc(C2C=CC(=O)O2)c(C)[nH]1. The standard InChI is InChI=1S/C10H11NO2/c1-6-5-8(7(2)11-6)9-3-4-10(12)13-9/h3-5,9,11H,1-2H3. The highest BCUT2D eigenvalue weighted by atomic mass is 16.5. The Balaban J connectivity index is 2.31. The second-order valence-electron chi connectivity index (χ2n) is 3.25. The first-order valence-corrected chi connectivity index (χ1v) is 4.22. The van der Waals surface area contributed by atoms with E-state index in [1.54, 1.807) is 6.08 Å². The maximum Gasteiger partial charge on any atom is 0.331 e. The van der Waals surface area contributed by atoms with E-state index in [1.807, 2.05) is 19.9 Å². The molecule has 68 valence electrons. The van der Waals surface area contributed by atoms with Gasteiger partial charge in [-0.3, -0.25) is 0 Å². The quantitative estimate of drug-likeness (QED) is 0.664. The van der Waals surface area contributed by atoms with Gasteiger partial charge < -0.3 is 9.72 Å². The molecular weight excluding hydrogens is 166 g/mol. The number of cyclic esters (lactones) is 1. The molecule has 2 heterocycles. The van der Waals surface area contributed by atoms with Crippen LogP contribution in [0.4, 0.5) is 0 Å². The lowest BCUT2D eigenvalue weighted by atomic mass is 10.1. The van der Waals surface area contributed by atoms with E-state index in [0.717, 1.165) is 17.0 Å². The fraction of sp³-hybridized carbons (Fsp3) is 0.300. The highest BCUT2D eigenvalue weighted by Crippen LogP contribution is 2.26. The van der Waals surface area contributed by atoms with Crippen molar-refractivity contribution in [1.29, 1.82) is 0 Å². The van der Waals surface area contributed by atoms with E-state index >= 15 is 0 Å². The van der Waals surface area contributed by atoms with Crippen LogP contribution < -0.4 is 0 Å². The lowest BCUT2D eigenvalue weighted by Crippen LogP contribution is -1.99. The molecule has 13 heavy (non-hydrogen) atoms. The number of hydrogen-bond acceptors (Lipinski definition) is 2. The van der Waals surface area contributed by atoms with Crippen molar-refractivity contribution in [2.45, 2.75) is 20.0 Å². The fourth-order valence-corrected chi connectivity index (χ4v) is 1.58. The first-order chi connectivity index (χ1) is 6.16. The molecule has 0 saturated heterocycles. The van der Waals surface area contributed by atoms with Crippen molar-refractivity contribution in [1.82, 2.24) is 4.98 Å². The number of aromatic amines is 1. The third-order valence-electron chi connectivity index (χ3n) is 2.15. The number of carbonyl (C=O) groups excluding carboxylic acids is 1. The largest absolute Gasteiger partial charge is 0.450 e. The van der Waals surface area contributed by atoms with Crippen LogP contribution in [0.15, 0.2) is 18.2 Å². The fourth-order valence-electron chi connectivity index (χ4n) is 1.58. The smallest absolute Gasteiger partial charge is 0.331 e. The Morgan fingerprint density at radius 1 is 1.46 bits per heavy atom. The number of carbonyl (C=O) groups is 1. The van der Waals surface area contributed by atoms with E-state index in [9.17, 15) is 4.79 Å². The van der Waals surface area contributed by atoms with Crippen LogP contribution in [0.3, 0.4) is 0 Å². The second kappa shape index (κ2) is 2.76. The van der Waals surface area contributed by atoms with Gasteiger partial charge in [-0.1, -0.05) is 0 Å². The summed E-state index contributed by atoms with van der Waals surface area (Å²) >= 11 is 0. The predicted molar refractivity (Wildman–Crippen MR) is 48.2 cm³/mol. The maximum atomic E-state index is 10.8. The minimum absolute atomic E-state index is 0.197. The zero-order valence-electron chi connectivity index (χ0n) is 7.63. The average Bonchev–Trinajstić information content (AvgIpc) is 2.58. The molecule has 1 N–H and O–H groups in total. The summed E-state index contributed by atoms with van der Waals surface area (Å²) in [4.78, 5) is 14.0. The summed E-state index contributed by atoms with van der Waals surface area (Å²) in [5, 5.41) is 0. The number of rotatable bonds is 1. The molecular formula is C10H11NO2. The Bertz CT molecular complexity index is 376. The van der Waals surface area contributed by atoms with Crippen molar-refractivity contribution in [2.24, 2.45) is 0 Å². The Morgan fingerprint density at radius 2 is 2.23 bits per heavy atom. The lowest BCUT2D eigenvalue weighted by molar-refractivity contribution is -0.138. The molecule has 2 rings (SSSR count). The Hall–Kier alpha value is -1.51. The van der Waals surface area contributed by atoms with Crippen molar-refractivity contribution in [2.75, 3.05) is 0 Å². The normalized spacial score (nSPS) is 20.8. The van der Waals surface area contributed by atoms with Gasteiger partial charge in [0.2, 0.25) is 0 Å². The van der Waals surface area contributed by atoms with Gasteiger partial charge in [0.1, 0.15) is 6.10 Å². The van der Waals surface area contributed by atoms with Gasteiger partial charge in [0, 0.05) is 23.0 Å². The summed E-state index contributed by atoms with van der Waals surface area (Å²) in [6, 6.07) is 2.00. The second-order valence-corrected chi connectivity index (χ2v) is 3.25. The van der Waals surface area contributed by atoms with Crippen LogP contribution in [0, 0.1) is 13.8 Å². The molecule has 0 aromatic carbocycles. The Morgan fingerprint density at radius 3 is 2.69 bits per heavy atom. The molecule has 0 saturated carbocycles. The van der Waals surface area contributed by atoms with Gasteiger partial charge in [-0.25, -0.2) is 4.79 Å². The summed E-state index contributed by atoms with van der Waals surface area (Å²) in [7, 11) is 0. The number of esters is 1. The summed E-state index contributed by atoms with van der Waals surface area (Å²) in [5.41, 5.74) is 3.19. The van der Waals surface area contributed by atoms with Gasteiger partial charge >= 0.3 is 5.97 Å². The average molecular weight is 177 g/mol. The molecule has 0 bridgehead atoms. The van der Waals surface area contributed by atoms with Crippen LogP contribution in [0.1, 0.15) is 23.1 Å². The van der Waals surface area contributed by atoms with E-state index in [4.69, 9.17) is 4.74 Å². The maximum absolute atomic E-state index is 10.8. The molecule has 3 heteroatoms. The third kappa shape index (κ3) is 1.37. The van der Waals surface area contributed by atoms with E-state index in [1.165, 1.54) is 6.08 Å². The first-order valence-electron chi connectivity index (χ1n) is 4.22. The number of ether oxygens (including phenoxy) is 1. The van der Waals surface area contributed by atoms with Crippen LogP contribution in [0.5, 0.6) is 0 Å². The summed E-state index contributed by atoms with van der Waals surface area (Å²) in [5.74, 6) is -0.261. The first kappa shape index (κ1) is 8.10. The van der Waals surface area contributed by atoms with Crippen molar-refractivity contribution < 1.29 is 9.53 Å². The van der Waals surface area contributed by atoms with Crippen LogP contribution in [-0.4, -0.2) is 11.0 Å². The Kier molecular flexibility index (Phi) is 1.72. The molecule has 1 aromatic rings. The predicted octanol–water partition coefficient (Wildman–Crippen LogP) is 1.79. The highest BCUT2D eigenvalue weighted by Gasteiger charge is 2.21. The van der Waals surface area contributed by atoms with E-state index in [-0.39, 0.29) is 12.1 Å². The number of hydrogen-bond donors (Lipinski definition) is 1. The van der Waals surface area contributed by atoms with Crippen LogP contribution >= 0.6 is 0 Å². The Labute approximate surface area is 76.4 Å². The molecule has 1 atom stereocenters. The molecule has 0 amide bonds. The van der Waals surface area contributed by atoms with Crippen LogP contribution in [0.25, 0.3) is 0 Å². The van der Waals surface area contributed by atoms with Crippen molar-refractivity contribution >= 4 is 5.97 Å². The minimum Gasteiger partial charge on any atom is -0.450 e. The molecule has 0 radical (unpaired) electrons. The van der Waals surface area contributed by atoms with Gasteiger partial charge in [-0.2, -0.15) is 0 Å². The van der Waals surface area contributed by atoms with E-state index in [2.05, 4.69) is 4.98 Å². The molecule has 0 aliphatic carbocycles. The van der Waals surface area contributed by atoms with Crippen LogP contribution in [-0.2, 0) is 9.53 Å². The zero-order valence-corrected chi connectivity index (χ0v) is 7.63. The summed E-state index contributed by atoms with van der Waals surface area (Å²) in [6.45, 7) is 3.96. The van der Waals surface area contributed by atoms with E-state index < -0.39 is 0 Å². The molecule has 3 nitrogen and oxygen atoms in total. The number of H-pyrrole nitrogens is 1. The van der Waals surface area contributed by atoms with Gasteiger partial charge in [0.25, 0.3) is 0 Å². The molecule has 1 aliphatic heterocycles. The number of aryl methyl sites for hydroxylation is 2. The molecule has 0 spiro atoms. The molecule has 1 unspecified atom stereocenters. The zero-order chi connectivity index (χ0) is 9.42.